The summed E-state index contributed by atoms with van der Waals surface area (Å²) < 4.78 is 38.7. The summed E-state index contributed by atoms with van der Waals surface area (Å²) in [4.78, 5) is 40.0. The number of alkyl halides is 3. The van der Waals surface area contributed by atoms with Gasteiger partial charge in [0.05, 0.1) is 23.5 Å². The van der Waals surface area contributed by atoms with E-state index in [1.165, 1.54) is 12.1 Å². The molecule has 38 heavy (non-hydrogen) atoms. The van der Waals surface area contributed by atoms with Gasteiger partial charge >= 0.3 is 6.18 Å². The van der Waals surface area contributed by atoms with Crippen LogP contribution >= 0.6 is 0 Å². The van der Waals surface area contributed by atoms with Gasteiger partial charge in [-0.1, -0.05) is 0 Å². The van der Waals surface area contributed by atoms with Crippen molar-refractivity contribution in [3.05, 3.63) is 83.1 Å². The van der Waals surface area contributed by atoms with Gasteiger partial charge in [0.2, 0.25) is 11.6 Å². The molecule has 9 nitrogen and oxygen atoms in total. The van der Waals surface area contributed by atoms with Crippen molar-refractivity contribution in [3.8, 4) is 0 Å². The fraction of sp³-hybridized carbons (Fsp3) is 0.269. The largest absolute Gasteiger partial charge is 0.416 e. The second-order valence-corrected chi connectivity index (χ2v) is 9.18. The van der Waals surface area contributed by atoms with Gasteiger partial charge in [0.25, 0.3) is 11.7 Å². The van der Waals surface area contributed by atoms with E-state index in [2.05, 4.69) is 15.3 Å². The van der Waals surface area contributed by atoms with Crippen LogP contribution in [0.4, 0.5) is 19.0 Å². The molecule has 2 atom stereocenters. The van der Waals surface area contributed by atoms with Crippen molar-refractivity contribution in [2.75, 3.05) is 18.4 Å². The number of nitrogens with two attached hydrogens (primary N) is 1. The molecule has 3 aliphatic heterocycles. The Morgan fingerprint density at radius 1 is 1.24 bits per heavy atom. The molecule has 3 aliphatic rings. The number of allylic oxidation sites excluding steroid dienone is 2. The fourth-order valence-electron chi connectivity index (χ4n) is 4.79. The Morgan fingerprint density at radius 2 is 2.00 bits per heavy atom. The minimum absolute atomic E-state index is 0.0736. The smallest absolute Gasteiger partial charge is 0.343 e. The number of fused-ring (bicyclic) bond motifs is 1. The van der Waals surface area contributed by atoms with Gasteiger partial charge in [-0.25, -0.2) is 4.98 Å². The van der Waals surface area contributed by atoms with Crippen LogP contribution in [0.25, 0.3) is 0 Å². The second kappa shape index (κ2) is 9.62. The number of amidine groups is 1. The summed E-state index contributed by atoms with van der Waals surface area (Å²) in [5, 5.41) is 2.39. The number of carbonyl (C=O) groups is 2. The third-order valence-electron chi connectivity index (χ3n) is 6.85. The molecule has 1 fully saturated rings. The van der Waals surface area contributed by atoms with E-state index in [0.29, 0.717) is 36.6 Å². The fourth-order valence-corrected chi connectivity index (χ4v) is 4.79. The SMILES string of the molecule is CCN1CCC(C2=C3C=NC=C[N+]3(N)C(c3ccc(C(=O)Nc4cc(C(F)(F)F)ccn4)cc3)=N2)CC1=O. The molecule has 0 saturated carbocycles. The van der Waals surface area contributed by atoms with Crippen molar-refractivity contribution >= 4 is 29.7 Å². The number of benzene rings is 1. The standard InChI is InChI=1S/C26H24F3N7O2/c1-2-35-11-8-18(13-22(35)37)23-20-15-31-10-12-36(20,30)24(34-23)16-3-5-17(6-4-16)25(38)33-21-14-19(7-9-32-21)26(27,28)29/h3-7,9-10,12,14-15,18H,2,8,11,13,30H2,1H3/p+1. The zero-order valence-electron chi connectivity index (χ0n) is 20.4. The minimum atomic E-state index is -4.55. The number of hydrogen-bond acceptors (Lipinski definition) is 6. The van der Waals surface area contributed by atoms with Gasteiger partial charge in [-0.2, -0.15) is 24.0 Å². The molecule has 1 aromatic carbocycles. The lowest BCUT2D eigenvalue weighted by Gasteiger charge is -2.31. The summed E-state index contributed by atoms with van der Waals surface area (Å²) >= 11 is 0. The molecule has 1 aromatic heterocycles. The molecule has 5 rings (SSSR count). The summed E-state index contributed by atoms with van der Waals surface area (Å²) in [5.74, 6) is 6.44. The molecule has 0 spiro atoms. The molecule has 0 radical (unpaired) electrons. The number of likely N-dealkylation sites (tertiary alicyclic amines) is 1. The number of aliphatic imine (C=N–C) groups is 2. The first-order chi connectivity index (χ1) is 18.1. The number of nitrogens with one attached hydrogen (secondary N) is 1. The molecule has 0 bridgehead atoms. The van der Waals surface area contributed by atoms with Gasteiger partial charge in [-0.15, -0.1) is 4.59 Å². The molecule has 4 heterocycles. The van der Waals surface area contributed by atoms with Gasteiger partial charge in [0, 0.05) is 37.2 Å². The van der Waals surface area contributed by atoms with Gasteiger partial charge in [0.15, 0.2) is 0 Å². The van der Waals surface area contributed by atoms with Crippen LogP contribution in [0.15, 0.2) is 76.4 Å². The highest BCUT2D eigenvalue weighted by Crippen LogP contribution is 2.38. The Kier molecular flexibility index (Phi) is 6.45. The number of carbonyl (C=O) groups excluding carboxylic acids is 2. The van der Waals surface area contributed by atoms with Crippen LogP contribution in [0, 0.1) is 5.92 Å². The Bertz CT molecular complexity index is 1410. The Balaban J connectivity index is 1.38. The highest BCUT2D eigenvalue weighted by Gasteiger charge is 2.46. The van der Waals surface area contributed by atoms with Gasteiger partial charge in [0.1, 0.15) is 17.7 Å². The third-order valence-corrected chi connectivity index (χ3v) is 6.85. The van der Waals surface area contributed by atoms with E-state index in [4.69, 9.17) is 10.8 Å². The number of amides is 2. The molecule has 1 saturated heterocycles. The van der Waals surface area contributed by atoms with Crippen molar-refractivity contribution in [1.82, 2.24) is 9.88 Å². The maximum Gasteiger partial charge on any atom is 0.416 e. The van der Waals surface area contributed by atoms with Crippen LogP contribution in [0.3, 0.4) is 0 Å². The van der Waals surface area contributed by atoms with Crippen LogP contribution in [0.5, 0.6) is 0 Å². The number of halogens is 3. The monoisotopic (exact) mass is 524 g/mol. The number of nitrogens with zero attached hydrogens (tertiary/aromatic N) is 5. The lowest BCUT2D eigenvalue weighted by atomic mass is 9.92. The Hall–Kier alpha value is -4.16. The zero-order valence-corrected chi connectivity index (χ0v) is 20.4. The Labute approximate surface area is 216 Å². The van der Waals surface area contributed by atoms with E-state index < -0.39 is 17.6 Å². The summed E-state index contributed by atoms with van der Waals surface area (Å²) in [7, 11) is 0. The number of piperidine rings is 1. The molecule has 0 aliphatic carbocycles. The van der Waals surface area contributed by atoms with Crippen LogP contribution in [-0.4, -0.2) is 51.4 Å². The molecule has 2 unspecified atom stereocenters. The lowest BCUT2D eigenvalue weighted by molar-refractivity contribution is -0.750. The predicted octanol–water partition coefficient (Wildman–Crippen LogP) is 3.83. The molecule has 2 aromatic rings. The maximum absolute atomic E-state index is 13.0. The first-order valence-electron chi connectivity index (χ1n) is 12.0. The normalized spacial score (nSPS) is 23.0. The number of quaternary nitrogens is 1. The molecular formula is C26H25F3N7O2+. The van der Waals surface area contributed by atoms with Crippen molar-refractivity contribution in [2.45, 2.75) is 25.9 Å². The molecule has 3 N–H and O–H groups in total. The number of aromatic nitrogens is 1. The molecule has 12 heteroatoms. The van der Waals surface area contributed by atoms with E-state index in [1.807, 2.05) is 11.8 Å². The molecule has 2 amide bonds. The average molecular weight is 525 g/mol. The third kappa shape index (κ3) is 4.63. The summed E-state index contributed by atoms with van der Waals surface area (Å²) in [6.45, 7) is 3.26. The van der Waals surface area contributed by atoms with E-state index in [1.54, 1.807) is 30.7 Å². The number of rotatable bonds is 5. The minimum Gasteiger partial charge on any atom is -0.343 e. The van der Waals surface area contributed by atoms with Crippen molar-refractivity contribution in [1.29, 1.82) is 0 Å². The average Bonchev–Trinajstić information content (AvgIpc) is 3.21. The lowest BCUT2D eigenvalue weighted by Crippen LogP contribution is -2.53. The van der Waals surface area contributed by atoms with E-state index in [0.717, 1.165) is 30.4 Å². The van der Waals surface area contributed by atoms with Crippen LogP contribution < -0.4 is 11.2 Å². The maximum atomic E-state index is 13.0. The van der Waals surface area contributed by atoms with Crippen molar-refractivity contribution < 1.29 is 27.4 Å². The van der Waals surface area contributed by atoms with E-state index in [9.17, 15) is 22.8 Å². The van der Waals surface area contributed by atoms with E-state index >= 15 is 0 Å². The quantitative estimate of drug-likeness (QED) is 0.457. The topological polar surface area (TPSA) is 113 Å². The summed E-state index contributed by atoms with van der Waals surface area (Å²) in [6.07, 6.45) is 2.47. The summed E-state index contributed by atoms with van der Waals surface area (Å²) in [5.41, 5.74) is 1.36. The van der Waals surface area contributed by atoms with Gasteiger partial charge in [-0.3, -0.25) is 14.6 Å². The number of hydrogen-bond donors (Lipinski definition) is 2. The van der Waals surface area contributed by atoms with Crippen LogP contribution in [0.1, 0.15) is 41.3 Å². The van der Waals surface area contributed by atoms with Gasteiger partial charge < -0.3 is 10.2 Å². The van der Waals surface area contributed by atoms with Crippen LogP contribution in [0.2, 0.25) is 0 Å². The second-order valence-electron chi connectivity index (χ2n) is 9.18. The Morgan fingerprint density at radius 3 is 2.68 bits per heavy atom. The van der Waals surface area contributed by atoms with Crippen molar-refractivity contribution in [2.24, 2.45) is 21.7 Å². The summed E-state index contributed by atoms with van der Waals surface area (Å²) in [6, 6.07) is 8.02. The molecule has 196 valence electrons. The van der Waals surface area contributed by atoms with Crippen LogP contribution in [-0.2, 0) is 11.0 Å². The highest BCUT2D eigenvalue weighted by atomic mass is 19.4. The van der Waals surface area contributed by atoms with Gasteiger partial charge in [-0.05, 0) is 49.7 Å². The first kappa shape index (κ1) is 25.5. The highest BCUT2D eigenvalue weighted by molar-refractivity contribution is 6.05. The van der Waals surface area contributed by atoms with Crippen molar-refractivity contribution in [3.63, 3.8) is 0 Å². The number of anilines is 1. The predicted molar refractivity (Wildman–Crippen MR) is 134 cm³/mol. The number of pyridine rings is 1. The molecular weight excluding hydrogens is 499 g/mol. The zero-order chi connectivity index (χ0) is 27.1. The van der Waals surface area contributed by atoms with E-state index in [-0.39, 0.29) is 27.8 Å². The first-order valence-corrected chi connectivity index (χ1v) is 12.0.